The lowest BCUT2D eigenvalue weighted by atomic mass is 10.1. The van der Waals surface area contributed by atoms with E-state index in [1.165, 1.54) is 16.5 Å². The second kappa shape index (κ2) is 4.84. The molecule has 0 fully saturated rings. The Hall–Kier alpha value is -1.77. The lowest BCUT2D eigenvalue weighted by molar-refractivity contribution is -0.141. The Morgan fingerprint density at radius 1 is 1.39 bits per heavy atom. The van der Waals surface area contributed by atoms with E-state index in [1.54, 1.807) is 6.92 Å². The molecule has 0 amide bonds. The molecule has 0 aliphatic heterocycles. The molecule has 0 bridgehead atoms. The smallest absolute Gasteiger partial charge is 0.306 e. The highest BCUT2D eigenvalue weighted by atomic mass is 16.4. The maximum absolute atomic E-state index is 11.0. The van der Waals surface area contributed by atoms with Crippen LogP contribution in [0, 0.1) is 12.8 Å². The van der Waals surface area contributed by atoms with Crippen molar-refractivity contribution in [2.75, 3.05) is 0 Å². The number of aryl methyl sites for hydroxylation is 2. The molecule has 0 aliphatic rings. The molecular formula is C15H19NO2. The van der Waals surface area contributed by atoms with Gasteiger partial charge in [-0.05, 0) is 36.9 Å². The van der Waals surface area contributed by atoms with E-state index in [0.29, 0.717) is 6.42 Å². The van der Waals surface area contributed by atoms with Gasteiger partial charge in [-0.1, -0.05) is 19.1 Å². The first-order chi connectivity index (χ1) is 8.52. The molecule has 1 atom stereocenters. The van der Waals surface area contributed by atoms with Gasteiger partial charge in [0.1, 0.15) is 0 Å². The highest BCUT2D eigenvalue weighted by Gasteiger charge is 2.15. The fourth-order valence-electron chi connectivity index (χ4n) is 2.37. The highest BCUT2D eigenvalue weighted by Crippen LogP contribution is 2.23. The van der Waals surface area contributed by atoms with Crippen LogP contribution < -0.4 is 0 Å². The van der Waals surface area contributed by atoms with Crippen molar-refractivity contribution in [1.29, 1.82) is 0 Å². The summed E-state index contributed by atoms with van der Waals surface area (Å²) in [5, 5.41) is 10.2. The van der Waals surface area contributed by atoms with Crippen LogP contribution in [0.5, 0.6) is 0 Å². The summed E-state index contributed by atoms with van der Waals surface area (Å²) < 4.78 is 2.21. The standard InChI is InChI=1S/C15H19NO2/c1-4-16-13(8-11(3)15(17)18)9-12-6-5-10(2)7-14(12)16/h5-7,9,11H,4,8H2,1-3H3,(H,17,18). The predicted octanol–water partition coefficient (Wildman–Crippen LogP) is 3.23. The summed E-state index contributed by atoms with van der Waals surface area (Å²) >= 11 is 0. The van der Waals surface area contributed by atoms with Crippen molar-refractivity contribution in [2.24, 2.45) is 5.92 Å². The van der Waals surface area contributed by atoms with Crippen molar-refractivity contribution in [1.82, 2.24) is 4.57 Å². The monoisotopic (exact) mass is 245 g/mol. The molecule has 1 heterocycles. The lowest BCUT2D eigenvalue weighted by Gasteiger charge is -2.10. The third-order valence-electron chi connectivity index (χ3n) is 3.40. The van der Waals surface area contributed by atoms with Crippen LogP contribution in [0.4, 0.5) is 0 Å². The maximum Gasteiger partial charge on any atom is 0.306 e. The molecule has 1 unspecified atom stereocenters. The van der Waals surface area contributed by atoms with Gasteiger partial charge in [0.2, 0.25) is 0 Å². The van der Waals surface area contributed by atoms with Gasteiger partial charge in [-0.3, -0.25) is 4.79 Å². The number of fused-ring (bicyclic) bond motifs is 1. The minimum atomic E-state index is -0.737. The number of aromatic nitrogens is 1. The molecule has 1 aromatic heterocycles. The largest absolute Gasteiger partial charge is 0.481 e. The Morgan fingerprint density at radius 2 is 2.11 bits per heavy atom. The molecule has 18 heavy (non-hydrogen) atoms. The Balaban J connectivity index is 2.47. The highest BCUT2D eigenvalue weighted by molar-refractivity contribution is 5.82. The molecule has 3 nitrogen and oxygen atoms in total. The Labute approximate surface area is 107 Å². The second-order valence-corrected chi connectivity index (χ2v) is 4.89. The fourth-order valence-corrected chi connectivity index (χ4v) is 2.37. The molecule has 0 radical (unpaired) electrons. The number of benzene rings is 1. The van der Waals surface area contributed by atoms with Gasteiger partial charge < -0.3 is 9.67 Å². The summed E-state index contributed by atoms with van der Waals surface area (Å²) in [6.07, 6.45) is 0.580. The molecule has 2 aromatic rings. The quantitative estimate of drug-likeness (QED) is 0.898. The van der Waals surface area contributed by atoms with Crippen molar-refractivity contribution in [3.05, 3.63) is 35.5 Å². The fraction of sp³-hybridized carbons (Fsp3) is 0.400. The van der Waals surface area contributed by atoms with Crippen LogP contribution in [-0.4, -0.2) is 15.6 Å². The predicted molar refractivity (Wildman–Crippen MR) is 72.9 cm³/mol. The Morgan fingerprint density at radius 3 is 2.72 bits per heavy atom. The number of hydrogen-bond donors (Lipinski definition) is 1. The summed E-state index contributed by atoms with van der Waals surface area (Å²) in [5.41, 5.74) is 3.53. The summed E-state index contributed by atoms with van der Waals surface area (Å²) in [4.78, 5) is 11.0. The molecule has 1 N–H and O–H groups in total. The number of hydrogen-bond acceptors (Lipinski definition) is 1. The van der Waals surface area contributed by atoms with Crippen LogP contribution in [0.3, 0.4) is 0 Å². The second-order valence-electron chi connectivity index (χ2n) is 4.89. The molecule has 0 saturated heterocycles. The van der Waals surface area contributed by atoms with Gasteiger partial charge in [-0.2, -0.15) is 0 Å². The number of rotatable bonds is 4. The van der Waals surface area contributed by atoms with E-state index in [2.05, 4.69) is 42.7 Å². The van der Waals surface area contributed by atoms with E-state index < -0.39 is 5.97 Å². The zero-order valence-electron chi connectivity index (χ0n) is 11.1. The molecule has 2 rings (SSSR count). The van der Waals surface area contributed by atoms with E-state index in [0.717, 1.165) is 12.2 Å². The van der Waals surface area contributed by atoms with Gasteiger partial charge in [-0.15, -0.1) is 0 Å². The molecule has 96 valence electrons. The van der Waals surface area contributed by atoms with Gasteiger partial charge in [0.25, 0.3) is 0 Å². The third-order valence-corrected chi connectivity index (χ3v) is 3.40. The molecule has 0 saturated carbocycles. The van der Waals surface area contributed by atoms with Crippen molar-refractivity contribution >= 4 is 16.9 Å². The van der Waals surface area contributed by atoms with Gasteiger partial charge in [0.05, 0.1) is 5.92 Å². The van der Waals surface area contributed by atoms with Gasteiger partial charge in [-0.25, -0.2) is 0 Å². The average molecular weight is 245 g/mol. The molecule has 1 aromatic carbocycles. The first kappa shape index (κ1) is 12.7. The van der Waals surface area contributed by atoms with Crippen LogP contribution in [0.25, 0.3) is 10.9 Å². The molecular weight excluding hydrogens is 226 g/mol. The topological polar surface area (TPSA) is 42.2 Å². The number of aliphatic carboxylic acids is 1. The summed E-state index contributed by atoms with van der Waals surface area (Å²) in [6, 6.07) is 8.46. The minimum absolute atomic E-state index is 0.347. The minimum Gasteiger partial charge on any atom is -0.481 e. The van der Waals surface area contributed by atoms with Gasteiger partial charge in [0, 0.05) is 24.2 Å². The van der Waals surface area contributed by atoms with Crippen LogP contribution >= 0.6 is 0 Å². The number of carboxylic acids is 1. The summed E-state index contributed by atoms with van der Waals surface area (Å²) in [6.45, 7) is 6.79. The Bertz CT molecular complexity index is 583. The number of carbonyl (C=O) groups is 1. The van der Waals surface area contributed by atoms with E-state index in [9.17, 15) is 4.79 Å². The van der Waals surface area contributed by atoms with Crippen molar-refractivity contribution in [3.8, 4) is 0 Å². The van der Waals surface area contributed by atoms with Gasteiger partial charge in [0.15, 0.2) is 0 Å². The first-order valence-electron chi connectivity index (χ1n) is 6.34. The van der Waals surface area contributed by atoms with Crippen LogP contribution in [0.1, 0.15) is 25.1 Å². The van der Waals surface area contributed by atoms with Gasteiger partial charge >= 0.3 is 5.97 Å². The van der Waals surface area contributed by atoms with E-state index in [-0.39, 0.29) is 5.92 Å². The van der Waals surface area contributed by atoms with Crippen molar-refractivity contribution in [3.63, 3.8) is 0 Å². The van der Waals surface area contributed by atoms with Crippen molar-refractivity contribution < 1.29 is 9.90 Å². The van der Waals surface area contributed by atoms with Crippen LogP contribution in [0.15, 0.2) is 24.3 Å². The molecule has 3 heteroatoms. The Kier molecular flexibility index (Phi) is 3.41. The van der Waals surface area contributed by atoms with E-state index in [1.807, 2.05) is 0 Å². The number of nitrogens with zero attached hydrogens (tertiary/aromatic N) is 1. The van der Waals surface area contributed by atoms with Crippen molar-refractivity contribution in [2.45, 2.75) is 33.7 Å². The zero-order chi connectivity index (χ0) is 13.3. The van der Waals surface area contributed by atoms with E-state index >= 15 is 0 Å². The van der Waals surface area contributed by atoms with E-state index in [4.69, 9.17) is 5.11 Å². The third kappa shape index (κ3) is 2.26. The molecule has 0 aliphatic carbocycles. The SMILES string of the molecule is CCn1c(CC(C)C(=O)O)cc2ccc(C)cc21. The summed E-state index contributed by atoms with van der Waals surface area (Å²) in [7, 11) is 0. The number of carboxylic acid groups (broad SMARTS) is 1. The average Bonchev–Trinajstić information content (AvgIpc) is 2.65. The lowest BCUT2D eigenvalue weighted by Crippen LogP contribution is -2.14. The molecule has 0 spiro atoms. The van der Waals surface area contributed by atoms with Crippen LogP contribution in [-0.2, 0) is 17.8 Å². The normalized spacial score (nSPS) is 12.8. The zero-order valence-corrected chi connectivity index (χ0v) is 11.1. The summed E-state index contributed by atoms with van der Waals surface area (Å²) in [5.74, 6) is -1.08. The maximum atomic E-state index is 11.0. The first-order valence-corrected chi connectivity index (χ1v) is 6.34. The van der Waals surface area contributed by atoms with Crippen LogP contribution in [0.2, 0.25) is 0 Å².